The van der Waals surface area contributed by atoms with Gasteiger partial charge in [0.2, 0.25) is 0 Å². The van der Waals surface area contributed by atoms with Crippen LogP contribution in [-0.2, 0) is 6.61 Å². The molecule has 0 aliphatic carbocycles. The van der Waals surface area contributed by atoms with Crippen molar-refractivity contribution in [3.63, 3.8) is 0 Å². The Kier molecular flexibility index (Phi) is 3.23. The van der Waals surface area contributed by atoms with E-state index in [1.54, 1.807) is 24.3 Å². The number of aromatic amines is 1. The molecular weight excluding hydrogens is 252 g/mol. The first-order valence-electron chi connectivity index (χ1n) is 6.35. The molecule has 1 aromatic heterocycles. The van der Waals surface area contributed by atoms with E-state index in [0.29, 0.717) is 11.3 Å². The second-order valence-corrected chi connectivity index (χ2v) is 4.56. The number of benzene rings is 2. The summed E-state index contributed by atoms with van der Waals surface area (Å²) in [4.78, 5) is 15.4. The molecule has 0 saturated carbocycles. The lowest BCUT2D eigenvalue weighted by molar-refractivity contribution is 0.102. The molecule has 0 aliphatic rings. The van der Waals surface area contributed by atoms with Crippen LogP contribution in [0.3, 0.4) is 0 Å². The van der Waals surface area contributed by atoms with Crippen molar-refractivity contribution < 1.29 is 9.90 Å². The molecule has 4 nitrogen and oxygen atoms in total. The minimum absolute atomic E-state index is 0.0445. The number of aliphatic hydroxyl groups is 1. The van der Waals surface area contributed by atoms with E-state index in [4.69, 9.17) is 5.11 Å². The Morgan fingerprint density at radius 1 is 1.15 bits per heavy atom. The van der Waals surface area contributed by atoms with E-state index in [1.807, 2.05) is 30.5 Å². The van der Waals surface area contributed by atoms with E-state index >= 15 is 0 Å². The minimum atomic E-state index is -0.162. The molecule has 0 aliphatic heterocycles. The van der Waals surface area contributed by atoms with E-state index in [0.717, 1.165) is 16.5 Å². The van der Waals surface area contributed by atoms with E-state index in [1.165, 1.54) is 0 Å². The molecule has 1 amide bonds. The van der Waals surface area contributed by atoms with Crippen molar-refractivity contribution in [3.8, 4) is 0 Å². The SMILES string of the molecule is O=C(Nc1cccc(CO)c1)c1cccc2[nH]ccc12. The average Bonchev–Trinajstić information content (AvgIpc) is 2.95. The molecule has 100 valence electrons. The average molecular weight is 266 g/mol. The predicted octanol–water partition coefficient (Wildman–Crippen LogP) is 2.91. The number of rotatable bonds is 3. The molecule has 2 aromatic carbocycles. The number of hydrogen-bond acceptors (Lipinski definition) is 2. The van der Waals surface area contributed by atoms with Crippen LogP contribution in [0.5, 0.6) is 0 Å². The van der Waals surface area contributed by atoms with E-state index in [9.17, 15) is 4.79 Å². The highest BCUT2D eigenvalue weighted by Crippen LogP contribution is 2.19. The van der Waals surface area contributed by atoms with Crippen LogP contribution in [0.1, 0.15) is 15.9 Å². The monoisotopic (exact) mass is 266 g/mol. The van der Waals surface area contributed by atoms with Crippen molar-refractivity contribution in [2.75, 3.05) is 5.32 Å². The first-order chi connectivity index (χ1) is 9.78. The normalized spacial score (nSPS) is 10.7. The van der Waals surface area contributed by atoms with Crippen LogP contribution in [0.4, 0.5) is 5.69 Å². The molecule has 3 aromatic rings. The van der Waals surface area contributed by atoms with Gasteiger partial charge in [0.05, 0.1) is 6.61 Å². The number of aromatic nitrogens is 1. The number of carbonyl (C=O) groups excluding carboxylic acids is 1. The molecule has 0 unspecified atom stereocenters. The summed E-state index contributed by atoms with van der Waals surface area (Å²) in [6.45, 7) is -0.0445. The Balaban J connectivity index is 1.91. The number of anilines is 1. The maximum absolute atomic E-state index is 12.3. The molecule has 3 N–H and O–H groups in total. The molecule has 0 atom stereocenters. The highest BCUT2D eigenvalue weighted by atomic mass is 16.3. The number of carbonyl (C=O) groups is 1. The smallest absolute Gasteiger partial charge is 0.256 e. The maximum Gasteiger partial charge on any atom is 0.256 e. The Labute approximate surface area is 116 Å². The number of aliphatic hydroxyl groups excluding tert-OH is 1. The number of amides is 1. The van der Waals surface area contributed by atoms with Gasteiger partial charge in [-0.25, -0.2) is 0 Å². The fourth-order valence-corrected chi connectivity index (χ4v) is 2.23. The van der Waals surface area contributed by atoms with Gasteiger partial charge in [-0.05, 0) is 35.9 Å². The Hall–Kier alpha value is -2.59. The number of H-pyrrole nitrogens is 1. The Morgan fingerprint density at radius 2 is 2.00 bits per heavy atom. The fraction of sp³-hybridized carbons (Fsp3) is 0.0625. The zero-order valence-electron chi connectivity index (χ0n) is 10.8. The van der Waals surface area contributed by atoms with Gasteiger partial charge in [-0.2, -0.15) is 0 Å². The molecule has 0 spiro atoms. The van der Waals surface area contributed by atoms with Crippen molar-refractivity contribution in [2.24, 2.45) is 0 Å². The van der Waals surface area contributed by atoms with Crippen LogP contribution >= 0.6 is 0 Å². The van der Waals surface area contributed by atoms with Crippen molar-refractivity contribution in [3.05, 3.63) is 65.9 Å². The lowest BCUT2D eigenvalue weighted by atomic mass is 10.1. The van der Waals surface area contributed by atoms with E-state index < -0.39 is 0 Å². The third-order valence-electron chi connectivity index (χ3n) is 3.21. The predicted molar refractivity (Wildman–Crippen MR) is 78.6 cm³/mol. The fourth-order valence-electron chi connectivity index (χ4n) is 2.23. The summed E-state index contributed by atoms with van der Waals surface area (Å²) in [5, 5.41) is 12.9. The van der Waals surface area contributed by atoms with Crippen LogP contribution < -0.4 is 5.32 Å². The van der Waals surface area contributed by atoms with Crippen molar-refractivity contribution in [1.82, 2.24) is 4.98 Å². The number of nitrogens with one attached hydrogen (secondary N) is 2. The van der Waals surface area contributed by atoms with Gasteiger partial charge in [0, 0.05) is 28.4 Å². The van der Waals surface area contributed by atoms with Gasteiger partial charge in [0.25, 0.3) is 5.91 Å². The molecule has 1 heterocycles. The Morgan fingerprint density at radius 3 is 2.85 bits per heavy atom. The largest absolute Gasteiger partial charge is 0.392 e. The van der Waals surface area contributed by atoms with Crippen LogP contribution in [-0.4, -0.2) is 16.0 Å². The topological polar surface area (TPSA) is 65.1 Å². The molecule has 3 rings (SSSR count). The quantitative estimate of drug-likeness (QED) is 0.682. The van der Waals surface area contributed by atoms with Gasteiger partial charge in [0.15, 0.2) is 0 Å². The van der Waals surface area contributed by atoms with Crippen molar-refractivity contribution in [2.45, 2.75) is 6.61 Å². The first-order valence-corrected chi connectivity index (χ1v) is 6.35. The molecule has 0 bridgehead atoms. The first kappa shape index (κ1) is 12.4. The Bertz CT molecular complexity index is 762. The summed E-state index contributed by atoms with van der Waals surface area (Å²) in [5.74, 6) is -0.162. The second kappa shape index (κ2) is 5.19. The summed E-state index contributed by atoms with van der Waals surface area (Å²) in [7, 11) is 0. The number of fused-ring (bicyclic) bond motifs is 1. The lowest BCUT2D eigenvalue weighted by Crippen LogP contribution is -2.12. The molecule has 0 radical (unpaired) electrons. The molecule has 0 saturated heterocycles. The van der Waals surface area contributed by atoms with Crippen LogP contribution in [0.25, 0.3) is 10.9 Å². The third-order valence-corrected chi connectivity index (χ3v) is 3.21. The third kappa shape index (κ3) is 2.29. The zero-order chi connectivity index (χ0) is 13.9. The van der Waals surface area contributed by atoms with Gasteiger partial charge in [0.1, 0.15) is 0 Å². The zero-order valence-corrected chi connectivity index (χ0v) is 10.8. The van der Waals surface area contributed by atoms with Gasteiger partial charge in [-0.3, -0.25) is 4.79 Å². The van der Waals surface area contributed by atoms with Crippen LogP contribution in [0.2, 0.25) is 0 Å². The summed E-state index contributed by atoms with van der Waals surface area (Å²) < 4.78 is 0. The van der Waals surface area contributed by atoms with Gasteiger partial charge < -0.3 is 15.4 Å². The summed E-state index contributed by atoms with van der Waals surface area (Å²) in [6, 6.07) is 14.6. The number of hydrogen-bond donors (Lipinski definition) is 3. The molecular formula is C16H14N2O2. The van der Waals surface area contributed by atoms with Gasteiger partial charge >= 0.3 is 0 Å². The summed E-state index contributed by atoms with van der Waals surface area (Å²) >= 11 is 0. The van der Waals surface area contributed by atoms with Crippen LogP contribution in [0.15, 0.2) is 54.7 Å². The minimum Gasteiger partial charge on any atom is -0.392 e. The van der Waals surface area contributed by atoms with Crippen LogP contribution in [0, 0.1) is 0 Å². The molecule has 20 heavy (non-hydrogen) atoms. The lowest BCUT2D eigenvalue weighted by Gasteiger charge is -2.07. The van der Waals surface area contributed by atoms with Gasteiger partial charge in [-0.1, -0.05) is 18.2 Å². The maximum atomic E-state index is 12.3. The van der Waals surface area contributed by atoms with Crippen molar-refractivity contribution >= 4 is 22.5 Å². The highest BCUT2D eigenvalue weighted by Gasteiger charge is 2.10. The summed E-state index contributed by atoms with van der Waals surface area (Å²) in [5.41, 5.74) is 3.00. The highest BCUT2D eigenvalue weighted by molar-refractivity contribution is 6.12. The van der Waals surface area contributed by atoms with E-state index in [2.05, 4.69) is 10.3 Å². The van der Waals surface area contributed by atoms with Crippen molar-refractivity contribution in [1.29, 1.82) is 0 Å². The summed E-state index contributed by atoms with van der Waals surface area (Å²) in [6.07, 6.45) is 1.81. The van der Waals surface area contributed by atoms with E-state index in [-0.39, 0.29) is 12.5 Å². The van der Waals surface area contributed by atoms with Gasteiger partial charge in [-0.15, -0.1) is 0 Å². The standard InChI is InChI=1S/C16H14N2O2/c19-10-11-3-1-4-12(9-11)18-16(20)14-5-2-6-15-13(14)7-8-17-15/h1-9,17,19H,10H2,(H,18,20). The second-order valence-electron chi connectivity index (χ2n) is 4.56. The molecule has 0 fully saturated rings. The molecule has 4 heteroatoms.